The zero-order valence-corrected chi connectivity index (χ0v) is 16.5. The largest absolute Gasteiger partial charge is 0.366 e. The van der Waals surface area contributed by atoms with Crippen LogP contribution in [-0.4, -0.2) is 54.7 Å². The highest BCUT2D eigenvalue weighted by molar-refractivity contribution is 5.97. The van der Waals surface area contributed by atoms with Gasteiger partial charge in [-0.25, -0.2) is 4.39 Å². The maximum atomic E-state index is 14.4. The number of nitrogens with one attached hydrogen (secondary N) is 1. The van der Waals surface area contributed by atoms with Gasteiger partial charge < -0.3 is 15.1 Å². The Balaban J connectivity index is 1.56. The number of ketones is 1. The number of carbonyl (C=O) groups excluding carboxylic acids is 3. The first-order valence-corrected chi connectivity index (χ1v) is 9.57. The second-order valence-electron chi connectivity index (χ2n) is 7.10. The second-order valence-corrected chi connectivity index (χ2v) is 7.10. The molecule has 1 fully saturated rings. The molecule has 0 bridgehead atoms. The van der Waals surface area contributed by atoms with Gasteiger partial charge in [0.2, 0.25) is 5.91 Å². The van der Waals surface area contributed by atoms with Crippen LogP contribution in [0.3, 0.4) is 0 Å². The van der Waals surface area contributed by atoms with Crippen molar-refractivity contribution in [3.05, 3.63) is 65.5 Å². The van der Waals surface area contributed by atoms with Crippen LogP contribution in [0.25, 0.3) is 0 Å². The van der Waals surface area contributed by atoms with E-state index in [1.807, 2.05) is 11.0 Å². The van der Waals surface area contributed by atoms with E-state index in [1.54, 1.807) is 48.2 Å². The summed E-state index contributed by atoms with van der Waals surface area (Å²) in [6.45, 7) is 4.87. The zero-order valence-electron chi connectivity index (χ0n) is 16.5. The van der Waals surface area contributed by atoms with Crippen molar-refractivity contribution in [2.75, 3.05) is 31.1 Å². The number of amides is 2. The molecule has 3 rings (SSSR count). The summed E-state index contributed by atoms with van der Waals surface area (Å²) in [6, 6.07) is 12.5. The maximum Gasteiger partial charge on any atom is 0.251 e. The van der Waals surface area contributed by atoms with Gasteiger partial charge in [0, 0.05) is 37.3 Å². The molecule has 0 spiro atoms. The summed E-state index contributed by atoms with van der Waals surface area (Å²) in [5.41, 5.74) is 1.26. The summed E-state index contributed by atoms with van der Waals surface area (Å²) in [4.78, 5) is 39.8. The zero-order chi connectivity index (χ0) is 21.0. The highest BCUT2D eigenvalue weighted by Gasteiger charge is 2.27. The maximum absolute atomic E-state index is 14.4. The van der Waals surface area contributed by atoms with E-state index in [4.69, 9.17) is 0 Å². The minimum Gasteiger partial charge on any atom is -0.366 e. The third-order valence-corrected chi connectivity index (χ3v) is 5.04. The Kier molecular flexibility index (Phi) is 6.26. The van der Waals surface area contributed by atoms with Gasteiger partial charge in [-0.05, 0) is 44.2 Å². The molecule has 0 aromatic heterocycles. The van der Waals surface area contributed by atoms with Gasteiger partial charge in [-0.3, -0.25) is 14.4 Å². The first-order valence-electron chi connectivity index (χ1n) is 9.57. The lowest BCUT2D eigenvalue weighted by atomic mass is 10.1. The van der Waals surface area contributed by atoms with Gasteiger partial charge in [0.25, 0.3) is 5.91 Å². The van der Waals surface area contributed by atoms with Crippen molar-refractivity contribution in [1.82, 2.24) is 10.2 Å². The Morgan fingerprint density at radius 2 is 1.62 bits per heavy atom. The Hall–Kier alpha value is -3.22. The lowest BCUT2D eigenvalue weighted by Crippen LogP contribution is -2.54. The van der Waals surface area contributed by atoms with Gasteiger partial charge in [-0.2, -0.15) is 0 Å². The fourth-order valence-electron chi connectivity index (χ4n) is 3.36. The van der Waals surface area contributed by atoms with E-state index >= 15 is 0 Å². The van der Waals surface area contributed by atoms with E-state index in [0.717, 1.165) is 0 Å². The molecule has 2 aromatic rings. The minimum atomic E-state index is -0.652. The average molecular weight is 397 g/mol. The molecule has 0 aliphatic carbocycles. The molecule has 0 saturated carbocycles. The van der Waals surface area contributed by atoms with Crippen LogP contribution in [0, 0.1) is 5.82 Å². The van der Waals surface area contributed by atoms with Crippen molar-refractivity contribution in [3.8, 4) is 0 Å². The number of piperazine rings is 1. The average Bonchev–Trinajstić information content (AvgIpc) is 2.73. The van der Waals surface area contributed by atoms with Gasteiger partial charge in [0.1, 0.15) is 11.9 Å². The van der Waals surface area contributed by atoms with Crippen LogP contribution >= 0.6 is 0 Å². The monoisotopic (exact) mass is 397 g/mol. The number of rotatable bonds is 5. The highest BCUT2D eigenvalue weighted by atomic mass is 19.1. The molecule has 1 heterocycles. The predicted octanol–water partition coefficient (Wildman–Crippen LogP) is 2.50. The molecule has 29 heavy (non-hydrogen) atoms. The van der Waals surface area contributed by atoms with Crippen molar-refractivity contribution in [2.45, 2.75) is 19.9 Å². The molecule has 1 atom stereocenters. The lowest BCUT2D eigenvalue weighted by Gasteiger charge is -2.37. The van der Waals surface area contributed by atoms with Crippen LogP contribution < -0.4 is 10.2 Å². The van der Waals surface area contributed by atoms with Crippen molar-refractivity contribution in [2.24, 2.45) is 0 Å². The molecule has 1 saturated heterocycles. The molecular weight excluding hydrogens is 373 g/mol. The quantitative estimate of drug-likeness (QED) is 0.787. The smallest absolute Gasteiger partial charge is 0.251 e. The van der Waals surface area contributed by atoms with Crippen molar-refractivity contribution in [1.29, 1.82) is 0 Å². The number of carbonyl (C=O) groups is 3. The van der Waals surface area contributed by atoms with Crippen LogP contribution in [0.5, 0.6) is 0 Å². The highest BCUT2D eigenvalue weighted by Crippen LogP contribution is 2.22. The molecule has 6 nitrogen and oxygen atoms in total. The standard InChI is InChI=1S/C22H24FN3O3/c1-15(24-21(28)17-6-4-3-5-7-17)22(29)26-12-10-25(11-13-26)20-9-8-18(16(2)27)14-19(20)23/h3-9,14-15H,10-13H2,1-2H3,(H,24,28). The fraction of sp³-hybridized carbons (Fsp3) is 0.318. The normalized spacial score (nSPS) is 15.0. The lowest BCUT2D eigenvalue weighted by molar-refractivity contribution is -0.133. The third kappa shape index (κ3) is 4.80. The minimum absolute atomic E-state index is 0.165. The van der Waals surface area contributed by atoms with E-state index in [-0.39, 0.29) is 17.6 Å². The van der Waals surface area contributed by atoms with Gasteiger partial charge in [-0.15, -0.1) is 0 Å². The van der Waals surface area contributed by atoms with Gasteiger partial charge >= 0.3 is 0 Å². The van der Waals surface area contributed by atoms with Gasteiger partial charge in [0.05, 0.1) is 5.69 Å². The van der Waals surface area contributed by atoms with E-state index in [1.165, 1.54) is 13.0 Å². The first kappa shape index (κ1) is 20.5. The van der Waals surface area contributed by atoms with Crippen molar-refractivity contribution < 1.29 is 18.8 Å². The van der Waals surface area contributed by atoms with Crippen LogP contribution in [-0.2, 0) is 4.79 Å². The molecule has 1 aliphatic rings. The molecule has 1 aliphatic heterocycles. The van der Waals surface area contributed by atoms with E-state index < -0.39 is 11.9 Å². The van der Waals surface area contributed by atoms with Crippen LogP contribution in [0.1, 0.15) is 34.6 Å². The third-order valence-electron chi connectivity index (χ3n) is 5.04. The Bertz CT molecular complexity index is 909. The number of benzene rings is 2. The van der Waals surface area contributed by atoms with E-state index in [0.29, 0.717) is 43.0 Å². The van der Waals surface area contributed by atoms with E-state index in [9.17, 15) is 18.8 Å². The number of hydrogen-bond acceptors (Lipinski definition) is 4. The molecular formula is C22H24FN3O3. The predicted molar refractivity (Wildman–Crippen MR) is 109 cm³/mol. The van der Waals surface area contributed by atoms with Gasteiger partial charge in [0.15, 0.2) is 5.78 Å². The molecule has 1 N–H and O–H groups in total. The van der Waals surface area contributed by atoms with Gasteiger partial charge in [-0.1, -0.05) is 18.2 Å². The summed E-state index contributed by atoms with van der Waals surface area (Å²) in [6.07, 6.45) is 0. The summed E-state index contributed by atoms with van der Waals surface area (Å²) in [5.74, 6) is -1.09. The molecule has 1 unspecified atom stereocenters. The molecule has 0 radical (unpaired) electrons. The summed E-state index contributed by atoms with van der Waals surface area (Å²) in [5, 5.41) is 2.73. The number of Topliss-reactive ketones (excluding diaryl/α,β-unsaturated/α-hetero) is 1. The number of anilines is 1. The Morgan fingerprint density at radius 1 is 0.966 bits per heavy atom. The van der Waals surface area contributed by atoms with E-state index in [2.05, 4.69) is 5.32 Å². The van der Waals surface area contributed by atoms with Crippen LogP contribution in [0.4, 0.5) is 10.1 Å². The Morgan fingerprint density at radius 3 is 2.21 bits per heavy atom. The van der Waals surface area contributed by atoms with Crippen molar-refractivity contribution >= 4 is 23.3 Å². The van der Waals surface area contributed by atoms with Crippen LogP contribution in [0.2, 0.25) is 0 Å². The molecule has 2 amide bonds. The topological polar surface area (TPSA) is 69.7 Å². The Labute approximate surface area is 169 Å². The van der Waals surface area contributed by atoms with Crippen molar-refractivity contribution in [3.63, 3.8) is 0 Å². The summed E-state index contributed by atoms with van der Waals surface area (Å²) < 4.78 is 14.4. The van der Waals surface area contributed by atoms with Crippen LogP contribution in [0.15, 0.2) is 48.5 Å². The second kappa shape index (κ2) is 8.86. The molecule has 152 valence electrons. The molecule has 2 aromatic carbocycles. The number of hydrogen-bond donors (Lipinski definition) is 1. The fourth-order valence-corrected chi connectivity index (χ4v) is 3.36. The molecule has 7 heteroatoms. The number of halogens is 1. The summed E-state index contributed by atoms with van der Waals surface area (Å²) in [7, 11) is 0. The summed E-state index contributed by atoms with van der Waals surface area (Å²) >= 11 is 0. The first-order chi connectivity index (χ1) is 13.9. The SMILES string of the molecule is CC(=O)c1ccc(N2CCN(C(=O)C(C)NC(=O)c3ccccc3)CC2)c(F)c1. The number of nitrogens with zero attached hydrogens (tertiary/aromatic N) is 2.